The molecule has 1 amide bonds. The summed E-state index contributed by atoms with van der Waals surface area (Å²) in [5, 5.41) is 5.94. The maximum atomic E-state index is 12.1. The van der Waals surface area contributed by atoms with Crippen LogP contribution in [0.25, 0.3) is 0 Å². The van der Waals surface area contributed by atoms with Crippen molar-refractivity contribution in [3.05, 3.63) is 34.9 Å². The number of rotatable bonds is 2. The molecule has 2 heterocycles. The molecule has 22 heavy (non-hydrogen) atoms. The van der Waals surface area contributed by atoms with Gasteiger partial charge in [0.15, 0.2) is 9.84 Å². The summed E-state index contributed by atoms with van der Waals surface area (Å²) in [4.78, 5) is 12.1. The van der Waals surface area contributed by atoms with Crippen molar-refractivity contribution in [2.24, 2.45) is 5.10 Å². The maximum Gasteiger partial charge on any atom is 0.243 e. The summed E-state index contributed by atoms with van der Waals surface area (Å²) in [6, 6.07) is 5.87. The zero-order valence-electron chi connectivity index (χ0n) is 12.9. The van der Waals surface area contributed by atoms with Crippen LogP contribution in [-0.2, 0) is 14.6 Å². The highest BCUT2D eigenvalue weighted by Gasteiger charge is 2.36. The van der Waals surface area contributed by atoms with Crippen LogP contribution >= 0.6 is 0 Å². The van der Waals surface area contributed by atoms with Gasteiger partial charge in [-0.2, -0.15) is 5.10 Å². The molecule has 1 fully saturated rings. The topological polar surface area (TPSA) is 66.8 Å². The summed E-state index contributed by atoms with van der Waals surface area (Å²) in [6.45, 7) is 4.05. The van der Waals surface area contributed by atoms with E-state index in [0.29, 0.717) is 19.3 Å². The third-order valence-electron chi connectivity index (χ3n) is 4.32. The zero-order chi connectivity index (χ0) is 15.9. The second-order valence-corrected chi connectivity index (χ2v) is 8.39. The largest absolute Gasteiger partial charge is 0.273 e. The molecule has 0 aliphatic carbocycles. The lowest BCUT2D eigenvalue weighted by molar-refractivity contribution is -0.133. The van der Waals surface area contributed by atoms with Crippen molar-refractivity contribution in [3.63, 3.8) is 0 Å². The number of carbonyl (C=O) groups is 1. The Morgan fingerprint density at radius 1 is 1.23 bits per heavy atom. The molecule has 6 heteroatoms. The number of sulfone groups is 1. The smallest absolute Gasteiger partial charge is 0.243 e. The average molecular weight is 320 g/mol. The van der Waals surface area contributed by atoms with Crippen molar-refractivity contribution in [3.8, 4) is 0 Å². The second-order valence-electron chi connectivity index (χ2n) is 6.16. The Balaban J connectivity index is 1.94. The third kappa shape index (κ3) is 2.92. The lowest BCUT2D eigenvalue weighted by atomic mass is 9.97. The predicted molar refractivity (Wildman–Crippen MR) is 85.6 cm³/mol. The zero-order valence-corrected chi connectivity index (χ0v) is 13.7. The molecule has 2 aliphatic heterocycles. The van der Waals surface area contributed by atoms with Crippen LogP contribution in [0.1, 0.15) is 36.0 Å². The summed E-state index contributed by atoms with van der Waals surface area (Å²) in [6.07, 6.45) is 1.49. The number of benzene rings is 1. The van der Waals surface area contributed by atoms with Crippen LogP contribution in [0.15, 0.2) is 23.3 Å². The number of carbonyl (C=O) groups excluding carboxylic acids is 1. The Morgan fingerprint density at radius 3 is 2.68 bits per heavy atom. The highest BCUT2D eigenvalue weighted by Crippen LogP contribution is 2.25. The Hall–Kier alpha value is -1.69. The average Bonchev–Trinajstić information content (AvgIpc) is 2.82. The normalized spacial score (nSPS) is 24.5. The van der Waals surface area contributed by atoms with E-state index in [-0.39, 0.29) is 23.5 Å². The summed E-state index contributed by atoms with van der Waals surface area (Å²) >= 11 is 0. The second kappa shape index (κ2) is 5.50. The first-order chi connectivity index (χ1) is 10.4. The van der Waals surface area contributed by atoms with Crippen LogP contribution in [0.5, 0.6) is 0 Å². The molecule has 1 unspecified atom stereocenters. The summed E-state index contributed by atoms with van der Waals surface area (Å²) in [5.74, 6) is 0.106. The van der Waals surface area contributed by atoms with E-state index in [1.54, 1.807) is 0 Å². The van der Waals surface area contributed by atoms with Gasteiger partial charge in [-0.25, -0.2) is 13.4 Å². The van der Waals surface area contributed by atoms with Crippen molar-refractivity contribution in [2.75, 3.05) is 11.5 Å². The lowest BCUT2D eigenvalue weighted by Gasteiger charge is -2.28. The molecule has 2 aliphatic rings. The van der Waals surface area contributed by atoms with Crippen LogP contribution in [-0.4, -0.2) is 42.6 Å². The van der Waals surface area contributed by atoms with Gasteiger partial charge < -0.3 is 0 Å². The molecule has 0 aromatic heterocycles. The SMILES string of the molecule is Cc1ccc(C)c(C2=NN(C3CCS(=O)(=O)C3)C(=O)CC2)c1. The molecule has 0 saturated carbocycles. The molecule has 118 valence electrons. The van der Waals surface area contributed by atoms with E-state index in [4.69, 9.17) is 0 Å². The van der Waals surface area contributed by atoms with Gasteiger partial charge in [0, 0.05) is 18.4 Å². The Morgan fingerprint density at radius 2 is 2.00 bits per heavy atom. The van der Waals surface area contributed by atoms with Gasteiger partial charge in [0.05, 0.1) is 23.3 Å². The molecule has 3 rings (SSSR count). The van der Waals surface area contributed by atoms with E-state index in [1.807, 2.05) is 19.9 Å². The quantitative estimate of drug-likeness (QED) is 0.835. The van der Waals surface area contributed by atoms with Crippen LogP contribution in [0, 0.1) is 13.8 Å². The van der Waals surface area contributed by atoms with E-state index in [0.717, 1.165) is 22.4 Å². The van der Waals surface area contributed by atoms with Crippen LogP contribution in [0.3, 0.4) is 0 Å². The van der Waals surface area contributed by atoms with E-state index in [1.165, 1.54) is 5.01 Å². The molecule has 0 spiro atoms. The van der Waals surface area contributed by atoms with E-state index in [2.05, 4.69) is 17.2 Å². The number of nitrogens with zero attached hydrogens (tertiary/aromatic N) is 2. The van der Waals surface area contributed by atoms with Gasteiger partial charge in [-0.15, -0.1) is 0 Å². The monoisotopic (exact) mass is 320 g/mol. The first-order valence-corrected chi connectivity index (χ1v) is 9.35. The minimum Gasteiger partial charge on any atom is -0.273 e. The Kier molecular flexibility index (Phi) is 3.80. The standard InChI is InChI=1S/C16H20N2O3S/c1-11-3-4-12(2)14(9-11)15-5-6-16(19)18(17-15)13-7-8-22(20,21)10-13/h3-4,9,13H,5-8,10H2,1-2H3. The van der Waals surface area contributed by atoms with Crippen molar-refractivity contribution in [1.29, 1.82) is 0 Å². The summed E-state index contributed by atoms with van der Waals surface area (Å²) < 4.78 is 23.3. The fourth-order valence-corrected chi connectivity index (χ4v) is 4.76. The summed E-state index contributed by atoms with van der Waals surface area (Å²) in [5.41, 5.74) is 4.20. The fourth-order valence-electron chi connectivity index (χ4n) is 3.06. The van der Waals surface area contributed by atoms with Crippen LogP contribution in [0.2, 0.25) is 0 Å². The van der Waals surface area contributed by atoms with Gasteiger partial charge in [-0.3, -0.25) is 4.79 Å². The van der Waals surface area contributed by atoms with Crippen LogP contribution in [0.4, 0.5) is 0 Å². The van der Waals surface area contributed by atoms with Crippen molar-refractivity contribution in [2.45, 2.75) is 39.2 Å². The first kappa shape index (κ1) is 15.2. The van der Waals surface area contributed by atoms with Gasteiger partial charge >= 0.3 is 0 Å². The maximum absolute atomic E-state index is 12.1. The molecule has 0 bridgehead atoms. The summed E-state index contributed by atoms with van der Waals surface area (Å²) in [7, 11) is -3.03. The molecular weight excluding hydrogens is 300 g/mol. The van der Waals surface area contributed by atoms with Gasteiger partial charge in [0.1, 0.15) is 0 Å². The highest BCUT2D eigenvalue weighted by molar-refractivity contribution is 7.91. The van der Waals surface area contributed by atoms with Crippen LogP contribution < -0.4 is 0 Å². The number of hydrogen-bond donors (Lipinski definition) is 0. The lowest BCUT2D eigenvalue weighted by Crippen LogP contribution is -2.40. The van der Waals surface area contributed by atoms with Gasteiger partial charge in [-0.05, 0) is 31.9 Å². The minimum absolute atomic E-state index is 0.0301. The van der Waals surface area contributed by atoms with Gasteiger partial charge in [-0.1, -0.05) is 17.7 Å². The molecule has 0 N–H and O–H groups in total. The number of amides is 1. The molecule has 0 radical (unpaired) electrons. The fraction of sp³-hybridized carbons (Fsp3) is 0.500. The Labute approximate surface area is 130 Å². The number of hydrazone groups is 1. The van der Waals surface area contributed by atoms with Crippen molar-refractivity contribution in [1.82, 2.24) is 5.01 Å². The van der Waals surface area contributed by atoms with Crippen molar-refractivity contribution < 1.29 is 13.2 Å². The highest BCUT2D eigenvalue weighted by atomic mass is 32.2. The molecule has 1 saturated heterocycles. The van der Waals surface area contributed by atoms with E-state index >= 15 is 0 Å². The molecule has 1 aromatic rings. The molecule has 5 nitrogen and oxygen atoms in total. The number of aryl methyl sites for hydroxylation is 2. The van der Waals surface area contributed by atoms with Crippen molar-refractivity contribution >= 4 is 21.5 Å². The van der Waals surface area contributed by atoms with E-state index in [9.17, 15) is 13.2 Å². The molecule has 1 atom stereocenters. The third-order valence-corrected chi connectivity index (χ3v) is 6.07. The number of hydrogen-bond acceptors (Lipinski definition) is 4. The Bertz CT molecular complexity index is 753. The van der Waals surface area contributed by atoms with E-state index < -0.39 is 9.84 Å². The van der Waals surface area contributed by atoms with Gasteiger partial charge in [0.25, 0.3) is 0 Å². The first-order valence-electron chi connectivity index (χ1n) is 7.53. The molecule has 1 aromatic carbocycles. The predicted octanol–water partition coefficient (Wildman–Crippen LogP) is 1.82. The van der Waals surface area contributed by atoms with Gasteiger partial charge in [0.2, 0.25) is 5.91 Å². The minimum atomic E-state index is -3.03. The molecular formula is C16H20N2O3S.